The number of ether oxygens (including phenoxy) is 1. The summed E-state index contributed by atoms with van der Waals surface area (Å²) in [7, 11) is 1.68. The standard InChI is InChI=1S/C14H13NO2/c1-16-12-4-5-14-11(9-12)6-7-15(14)10-13-3-2-8-17-13/h2-9H,10H2,1H3. The van der Waals surface area contributed by atoms with Gasteiger partial charge in [-0.05, 0) is 36.4 Å². The molecule has 3 heteroatoms. The van der Waals surface area contributed by atoms with Crippen molar-refractivity contribution in [1.82, 2.24) is 4.57 Å². The summed E-state index contributed by atoms with van der Waals surface area (Å²) in [5.74, 6) is 1.84. The molecule has 0 bridgehead atoms. The predicted molar refractivity (Wildman–Crippen MR) is 66.3 cm³/mol. The van der Waals surface area contributed by atoms with Gasteiger partial charge in [0.05, 0.1) is 19.9 Å². The van der Waals surface area contributed by atoms with Crippen LogP contribution in [0.25, 0.3) is 10.9 Å². The molecule has 17 heavy (non-hydrogen) atoms. The molecule has 2 aromatic heterocycles. The van der Waals surface area contributed by atoms with Gasteiger partial charge in [0.1, 0.15) is 11.5 Å². The van der Waals surface area contributed by atoms with Crippen LogP contribution in [0.1, 0.15) is 5.76 Å². The number of aromatic nitrogens is 1. The Balaban J connectivity index is 2.00. The van der Waals surface area contributed by atoms with Crippen molar-refractivity contribution in [2.75, 3.05) is 7.11 Å². The molecule has 0 aliphatic carbocycles. The summed E-state index contributed by atoms with van der Waals surface area (Å²) in [6.07, 6.45) is 3.76. The maximum Gasteiger partial charge on any atom is 0.123 e. The van der Waals surface area contributed by atoms with E-state index in [0.717, 1.165) is 18.1 Å². The van der Waals surface area contributed by atoms with E-state index < -0.39 is 0 Å². The number of hydrogen-bond donors (Lipinski definition) is 0. The number of benzene rings is 1. The van der Waals surface area contributed by atoms with Gasteiger partial charge in [-0.15, -0.1) is 0 Å². The van der Waals surface area contributed by atoms with Gasteiger partial charge in [0, 0.05) is 17.1 Å². The second-order valence-electron chi connectivity index (χ2n) is 3.95. The molecule has 0 unspecified atom stereocenters. The molecular formula is C14H13NO2. The summed E-state index contributed by atoms with van der Waals surface area (Å²) in [6, 6.07) is 12.0. The first-order valence-electron chi connectivity index (χ1n) is 5.52. The molecule has 3 rings (SSSR count). The van der Waals surface area contributed by atoms with Gasteiger partial charge in [0.2, 0.25) is 0 Å². The zero-order valence-corrected chi connectivity index (χ0v) is 9.59. The molecule has 0 saturated heterocycles. The third-order valence-electron chi connectivity index (χ3n) is 2.88. The van der Waals surface area contributed by atoms with Gasteiger partial charge < -0.3 is 13.7 Å². The number of fused-ring (bicyclic) bond motifs is 1. The lowest BCUT2D eigenvalue weighted by Crippen LogP contribution is -1.96. The van der Waals surface area contributed by atoms with Crippen LogP contribution in [0.15, 0.2) is 53.3 Å². The SMILES string of the molecule is COc1ccc2c(ccn2Cc2ccco2)c1. The van der Waals surface area contributed by atoms with E-state index in [1.807, 2.05) is 24.3 Å². The topological polar surface area (TPSA) is 27.3 Å². The molecule has 0 fully saturated rings. The number of nitrogens with zero attached hydrogens (tertiary/aromatic N) is 1. The first kappa shape index (κ1) is 10.0. The molecule has 86 valence electrons. The average molecular weight is 227 g/mol. The minimum Gasteiger partial charge on any atom is -0.497 e. The largest absolute Gasteiger partial charge is 0.497 e. The van der Waals surface area contributed by atoms with Crippen LogP contribution < -0.4 is 4.74 Å². The lowest BCUT2D eigenvalue weighted by molar-refractivity contribution is 0.415. The molecule has 0 amide bonds. The van der Waals surface area contributed by atoms with Crippen molar-refractivity contribution < 1.29 is 9.15 Å². The van der Waals surface area contributed by atoms with E-state index in [-0.39, 0.29) is 0 Å². The Morgan fingerprint density at radius 3 is 2.94 bits per heavy atom. The Morgan fingerprint density at radius 1 is 1.24 bits per heavy atom. The van der Waals surface area contributed by atoms with Crippen molar-refractivity contribution >= 4 is 10.9 Å². The second kappa shape index (κ2) is 4.01. The van der Waals surface area contributed by atoms with Crippen LogP contribution in [0.5, 0.6) is 5.75 Å². The van der Waals surface area contributed by atoms with E-state index in [0.29, 0.717) is 0 Å². The van der Waals surface area contributed by atoms with Crippen LogP contribution in [-0.2, 0) is 6.54 Å². The van der Waals surface area contributed by atoms with E-state index in [9.17, 15) is 0 Å². The minimum atomic E-state index is 0.753. The zero-order chi connectivity index (χ0) is 11.7. The van der Waals surface area contributed by atoms with Crippen molar-refractivity contribution in [3.05, 3.63) is 54.6 Å². The normalized spacial score (nSPS) is 10.9. The van der Waals surface area contributed by atoms with Crippen LogP contribution in [0.4, 0.5) is 0 Å². The molecule has 1 aromatic carbocycles. The smallest absolute Gasteiger partial charge is 0.123 e. The summed E-state index contributed by atoms with van der Waals surface area (Å²) in [6.45, 7) is 0.753. The van der Waals surface area contributed by atoms with Crippen molar-refractivity contribution in [3.8, 4) is 5.75 Å². The van der Waals surface area contributed by atoms with Gasteiger partial charge in [-0.1, -0.05) is 0 Å². The van der Waals surface area contributed by atoms with Gasteiger partial charge in [0.15, 0.2) is 0 Å². The van der Waals surface area contributed by atoms with Crippen LogP contribution in [0, 0.1) is 0 Å². The van der Waals surface area contributed by atoms with E-state index in [1.165, 1.54) is 10.9 Å². The Labute approximate surface area is 99.2 Å². The summed E-state index contributed by atoms with van der Waals surface area (Å²) < 4.78 is 12.7. The lowest BCUT2D eigenvalue weighted by atomic mass is 10.2. The Bertz CT molecular complexity index is 623. The Kier molecular flexibility index (Phi) is 2.37. The van der Waals surface area contributed by atoms with Crippen molar-refractivity contribution in [2.24, 2.45) is 0 Å². The molecule has 0 aliphatic rings. The lowest BCUT2D eigenvalue weighted by Gasteiger charge is -2.04. The first-order valence-corrected chi connectivity index (χ1v) is 5.52. The van der Waals surface area contributed by atoms with Crippen molar-refractivity contribution in [2.45, 2.75) is 6.54 Å². The van der Waals surface area contributed by atoms with Gasteiger partial charge in [-0.2, -0.15) is 0 Å². The first-order chi connectivity index (χ1) is 8.36. The molecule has 2 heterocycles. The molecule has 0 saturated carbocycles. The van der Waals surface area contributed by atoms with Crippen LogP contribution in [0.2, 0.25) is 0 Å². The molecule has 0 radical (unpaired) electrons. The molecule has 0 N–H and O–H groups in total. The molecular weight excluding hydrogens is 214 g/mol. The minimum absolute atomic E-state index is 0.753. The third kappa shape index (κ3) is 1.80. The van der Waals surface area contributed by atoms with E-state index in [2.05, 4.69) is 22.9 Å². The fourth-order valence-corrected chi connectivity index (χ4v) is 2.01. The van der Waals surface area contributed by atoms with Crippen LogP contribution >= 0.6 is 0 Å². The highest BCUT2D eigenvalue weighted by atomic mass is 16.5. The van der Waals surface area contributed by atoms with Crippen molar-refractivity contribution in [1.29, 1.82) is 0 Å². The van der Waals surface area contributed by atoms with Crippen LogP contribution in [-0.4, -0.2) is 11.7 Å². The fourth-order valence-electron chi connectivity index (χ4n) is 2.01. The predicted octanol–water partition coefficient (Wildman–Crippen LogP) is 3.29. The molecule has 3 nitrogen and oxygen atoms in total. The number of methoxy groups -OCH3 is 1. The molecule has 0 aliphatic heterocycles. The Hall–Kier alpha value is -2.16. The quantitative estimate of drug-likeness (QED) is 0.686. The van der Waals surface area contributed by atoms with Crippen LogP contribution in [0.3, 0.4) is 0 Å². The third-order valence-corrected chi connectivity index (χ3v) is 2.88. The highest BCUT2D eigenvalue weighted by molar-refractivity contribution is 5.81. The maximum absolute atomic E-state index is 5.36. The summed E-state index contributed by atoms with van der Waals surface area (Å²) in [4.78, 5) is 0. The van der Waals surface area contributed by atoms with Gasteiger partial charge in [-0.25, -0.2) is 0 Å². The second-order valence-corrected chi connectivity index (χ2v) is 3.95. The van der Waals surface area contributed by atoms with E-state index >= 15 is 0 Å². The molecule has 0 atom stereocenters. The summed E-state index contributed by atoms with van der Waals surface area (Å²) in [5, 5.41) is 1.18. The highest BCUT2D eigenvalue weighted by Crippen LogP contribution is 2.22. The number of rotatable bonds is 3. The fraction of sp³-hybridized carbons (Fsp3) is 0.143. The van der Waals surface area contributed by atoms with Gasteiger partial charge in [0.25, 0.3) is 0 Å². The maximum atomic E-state index is 5.36. The van der Waals surface area contributed by atoms with Crippen molar-refractivity contribution in [3.63, 3.8) is 0 Å². The van der Waals surface area contributed by atoms with Gasteiger partial charge in [-0.3, -0.25) is 0 Å². The molecule has 3 aromatic rings. The zero-order valence-electron chi connectivity index (χ0n) is 9.59. The molecule has 0 spiro atoms. The summed E-state index contributed by atoms with van der Waals surface area (Å²) >= 11 is 0. The Morgan fingerprint density at radius 2 is 2.18 bits per heavy atom. The number of hydrogen-bond acceptors (Lipinski definition) is 2. The summed E-state index contributed by atoms with van der Waals surface area (Å²) in [5.41, 5.74) is 1.18. The van der Waals surface area contributed by atoms with E-state index in [4.69, 9.17) is 9.15 Å². The average Bonchev–Trinajstić information content (AvgIpc) is 2.99. The monoisotopic (exact) mass is 227 g/mol. The van der Waals surface area contributed by atoms with Gasteiger partial charge >= 0.3 is 0 Å². The highest BCUT2D eigenvalue weighted by Gasteiger charge is 2.04. The number of furan rings is 1. The van der Waals surface area contributed by atoms with E-state index in [1.54, 1.807) is 13.4 Å².